The number of nitrogens with one attached hydrogen (secondary N) is 1. The third-order valence-electron chi connectivity index (χ3n) is 6.04. The van der Waals surface area contributed by atoms with E-state index >= 15 is 0 Å². The first kappa shape index (κ1) is 23.8. The Balaban J connectivity index is 1.62. The lowest BCUT2D eigenvalue weighted by Crippen LogP contribution is -2.42. The van der Waals surface area contributed by atoms with Crippen molar-refractivity contribution in [3.05, 3.63) is 89.5 Å². The molecule has 0 saturated heterocycles. The summed E-state index contributed by atoms with van der Waals surface area (Å²) >= 11 is 0. The molecule has 0 bridgehead atoms. The topological polar surface area (TPSA) is 75.7 Å². The van der Waals surface area contributed by atoms with Crippen LogP contribution in [0.4, 0.5) is 5.69 Å². The van der Waals surface area contributed by atoms with Gasteiger partial charge in [-0.25, -0.2) is 8.42 Å². The van der Waals surface area contributed by atoms with Crippen molar-refractivity contribution < 1.29 is 17.9 Å². The maximum Gasteiger partial charge on any atom is 0.264 e. The van der Waals surface area contributed by atoms with E-state index in [-0.39, 0.29) is 23.4 Å². The molecule has 7 heteroatoms. The van der Waals surface area contributed by atoms with E-state index in [1.54, 1.807) is 48.5 Å². The highest BCUT2D eigenvalue weighted by Crippen LogP contribution is 2.30. The summed E-state index contributed by atoms with van der Waals surface area (Å²) in [4.78, 5) is 13.3. The molecule has 0 aromatic heterocycles. The highest BCUT2D eigenvalue weighted by Gasteiger charge is 2.29. The number of aryl methyl sites for hydroxylation is 2. The molecule has 1 aliphatic carbocycles. The number of ether oxygens (including phenoxy) is 1. The van der Waals surface area contributed by atoms with Crippen molar-refractivity contribution in [2.24, 2.45) is 0 Å². The summed E-state index contributed by atoms with van der Waals surface area (Å²) < 4.78 is 33.8. The largest absolute Gasteiger partial charge is 0.494 e. The van der Waals surface area contributed by atoms with Gasteiger partial charge in [0, 0.05) is 0 Å². The number of hydrogen-bond donors (Lipinski definition) is 1. The van der Waals surface area contributed by atoms with Gasteiger partial charge in [0.1, 0.15) is 12.3 Å². The second kappa shape index (κ2) is 10.3. The number of carbonyl (C=O) groups is 1. The third kappa shape index (κ3) is 5.25. The number of anilines is 1. The van der Waals surface area contributed by atoms with Crippen LogP contribution in [0.25, 0.3) is 0 Å². The highest BCUT2D eigenvalue weighted by molar-refractivity contribution is 7.92. The fourth-order valence-corrected chi connectivity index (χ4v) is 5.72. The maximum atomic E-state index is 13.6. The van der Waals surface area contributed by atoms with Crippen LogP contribution in [-0.4, -0.2) is 27.5 Å². The number of benzene rings is 3. The lowest BCUT2D eigenvalue weighted by Gasteiger charge is -2.29. The summed E-state index contributed by atoms with van der Waals surface area (Å²) in [6.45, 7) is 3.98. The molecule has 34 heavy (non-hydrogen) atoms. The zero-order chi connectivity index (χ0) is 24.1. The lowest BCUT2D eigenvalue weighted by atomic mass is 9.88. The molecule has 3 aromatic rings. The molecule has 1 N–H and O–H groups in total. The molecule has 1 atom stereocenters. The van der Waals surface area contributed by atoms with Gasteiger partial charge in [-0.1, -0.05) is 42.0 Å². The Morgan fingerprint density at radius 2 is 1.74 bits per heavy atom. The molecule has 6 nitrogen and oxygen atoms in total. The Kier molecular flexibility index (Phi) is 7.22. The highest BCUT2D eigenvalue weighted by atomic mass is 32.2. The Bertz CT molecular complexity index is 1240. The van der Waals surface area contributed by atoms with Gasteiger partial charge in [-0.3, -0.25) is 9.10 Å². The average molecular weight is 479 g/mol. The molecule has 4 rings (SSSR count). The zero-order valence-electron chi connectivity index (χ0n) is 19.5. The molecule has 0 heterocycles. The summed E-state index contributed by atoms with van der Waals surface area (Å²) in [5, 5.41) is 3.07. The van der Waals surface area contributed by atoms with Crippen LogP contribution in [-0.2, 0) is 21.2 Å². The van der Waals surface area contributed by atoms with Gasteiger partial charge in [-0.05, 0) is 80.6 Å². The molecule has 0 radical (unpaired) electrons. The van der Waals surface area contributed by atoms with Crippen molar-refractivity contribution >= 4 is 21.6 Å². The number of fused-ring (bicyclic) bond motifs is 1. The Morgan fingerprint density at radius 3 is 2.44 bits per heavy atom. The Labute approximate surface area is 201 Å². The molecule has 0 saturated carbocycles. The second-order valence-electron chi connectivity index (χ2n) is 8.46. The summed E-state index contributed by atoms with van der Waals surface area (Å²) in [6.07, 6.45) is 2.80. The normalized spacial score (nSPS) is 15.3. The molecule has 3 aromatic carbocycles. The van der Waals surface area contributed by atoms with Gasteiger partial charge >= 0.3 is 0 Å². The van der Waals surface area contributed by atoms with Gasteiger partial charge in [0.05, 0.1) is 23.2 Å². The Hall–Kier alpha value is -3.32. The van der Waals surface area contributed by atoms with Crippen LogP contribution >= 0.6 is 0 Å². The third-order valence-corrected chi connectivity index (χ3v) is 7.82. The van der Waals surface area contributed by atoms with Crippen LogP contribution in [0.15, 0.2) is 77.7 Å². The predicted octanol–water partition coefficient (Wildman–Crippen LogP) is 4.78. The van der Waals surface area contributed by atoms with Crippen molar-refractivity contribution in [2.75, 3.05) is 17.5 Å². The Morgan fingerprint density at radius 1 is 1.03 bits per heavy atom. The van der Waals surface area contributed by atoms with Gasteiger partial charge in [0.15, 0.2) is 0 Å². The minimum absolute atomic E-state index is 0.123. The van der Waals surface area contributed by atoms with E-state index < -0.39 is 10.0 Å². The van der Waals surface area contributed by atoms with Crippen LogP contribution in [0.2, 0.25) is 0 Å². The first-order valence-corrected chi connectivity index (χ1v) is 13.0. The minimum atomic E-state index is -3.96. The minimum Gasteiger partial charge on any atom is -0.494 e. The van der Waals surface area contributed by atoms with Crippen LogP contribution in [0.3, 0.4) is 0 Å². The number of sulfonamides is 1. The zero-order valence-corrected chi connectivity index (χ0v) is 20.3. The predicted molar refractivity (Wildman–Crippen MR) is 134 cm³/mol. The fraction of sp³-hybridized carbons (Fsp3) is 0.296. The molecular formula is C27H30N2O4S. The SMILES string of the molecule is CCOc1ccc(N(CC(=O)NC2CCCc3ccccc32)S(=O)(=O)c2ccc(C)cc2)cc1. The van der Waals surface area contributed by atoms with Crippen LogP contribution in [0.1, 0.15) is 42.5 Å². The molecule has 0 fully saturated rings. The summed E-state index contributed by atoms with van der Waals surface area (Å²) in [6, 6.07) is 21.4. The first-order valence-electron chi connectivity index (χ1n) is 11.6. The fourth-order valence-electron chi connectivity index (χ4n) is 4.30. The van der Waals surface area contributed by atoms with E-state index in [1.165, 1.54) is 5.56 Å². The van der Waals surface area contributed by atoms with E-state index in [2.05, 4.69) is 11.4 Å². The van der Waals surface area contributed by atoms with Gasteiger partial charge in [-0.15, -0.1) is 0 Å². The molecule has 0 spiro atoms. The van der Waals surface area contributed by atoms with Crippen LogP contribution in [0.5, 0.6) is 5.75 Å². The van der Waals surface area contributed by atoms with Crippen molar-refractivity contribution in [1.82, 2.24) is 5.32 Å². The van der Waals surface area contributed by atoms with Gasteiger partial charge < -0.3 is 10.1 Å². The number of nitrogens with zero attached hydrogens (tertiary/aromatic N) is 1. The lowest BCUT2D eigenvalue weighted by molar-refractivity contribution is -0.120. The monoisotopic (exact) mass is 478 g/mol. The maximum absolute atomic E-state index is 13.6. The van der Waals surface area contributed by atoms with Gasteiger partial charge in [-0.2, -0.15) is 0 Å². The van der Waals surface area contributed by atoms with E-state index in [4.69, 9.17) is 4.74 Å². The summed E-state index contributed by atoms with van der Waals surface area (Å²) in [5.74, 6) is 0.300. The number of rotatable bonds is 8. The van der Waals surface area contributed by atoms with Crippen LogP contribution in [0, 0.1) is 6.92 Å². The summed E-state index contributed by atoms with van der Waals surface area (Å²) in [7, 11) is -3.96. The molecule has 1 amide bonds. The molecule has 1 unspecified atom stereocenters. The van der Waals surface area contributed by atoms with Crippen molar-refractivity contribution in [1.29, 1.82) is 0 Å². The standard InChI is InChI=1S/C27H30N2O4S/c1-3-33-23-15-13-22(14-16-23)29(34(31,32)24-17-11-20(2)12-18-24)19-27(30)28-26-10-6-8-21-7-4-5-9-25(21)26/h4-5,7,9,11-18,26H,3,6,8,10,19H2,1-2H3,(H,28,30). The van der Waals surface area contributed by atoms with Gasteiger partial charge in [0.2, 0.25) is 5.91 Å². The van der Waals surface area contributed by atoms with Gasteiger partial charge in [0.25, 0.3) is 10.0 Å². The molecule has 178 valence electrons. The number of amides is 1. The average Bonchev–Trinajstić information content (AvgIpc) is 2.84. The number of hydrogen-bond acceptors (Lipinski definition) is 4. The van der Waals surface area contributed by atoms with Crippen molar-refractivity contribution in [3.8, 4) is 5.75 Å². The van der Waals surface area contributed by atoms with Crippen molar-refractivity contribution in [3.63, 3.8) is 0 Å². The van der Waals surface area contributed by atoms with Crippen molar-refractivity contribution in [2.45, 2.75) is 44.0 Å². The van der Waals surface area contributed by atoms with E-state index in [0.717, 1.165) is 34.7 Å². The van der Waals surface area contributed by atoms with E-state index in [0.29, 0.717) is 18.0 Å². The smallest absolute Gasteiger partial charge is 0.264 e. The van der Waals surface area contributed by atoms with E-state index in [9.17, 15) is 13.2 Å². The number of carbonyl (C=O) groups excluding carboxylic acids is 1. The van der Waals surface area contributed by atoms with Crippen LogP contribution < -0.4 is 14.4 Å². The summed E-state index contributed by atoms with van der Waals surface area (Å²) in [5.41, 5.74) is 3.70. The molecule has 1 aliphatic rings. The van der Waals surface area contributed by atoms with E-state index in [1.807, 2.05) is 32.0 Å². The molecule has 0 aliphatic heterocycles. The quantitative estimate of drug-likeness (QED) is 0.505. The second-order valence-corrected chi connectivity index (χ2v) is 10.3. The first-order chi connectivity index (χ1) is 16.4. The molecular weight excluding hydrogens is 448 g/mol.